The van der Waals surface area contributed by atoms with E-state index in [0.717, 1.165) is 47.3 Å². The van der Waals surface area contributed by atoms with E-state index in [0.29, 0.717) is 10.8 Å². The van der Waals surface area contributed by atoms with E-state index in [-0.39, 0.29) is 0 Å². The summed E-state index contributed by atoms with van der Waals surface area (Å²) in [5, 5.41) is 0. The first-order chi connectivity index (χ1) is 13.3. The second kappa shape index (κ2) is 7.92. The van der Waals surface area contributed by atoms with Gasteiger partial charge in [0.2, 0.25) is 0 Å². The summed E-state index contributed by atoms with van der Waals surface area (Å²) >= 11 is 0. The van der Waals surface area contributed by atoms with Gasteiger partial charge in [-0.05, 0) is 103 Å². The molecule has 0 radical (unpaired) electrons. The molecular weight excluding hydrogens is 336 g/mol. The van der Waals surface area contributed by atoms with E-state index >= 15 is 0 Å². The van der Waals surface area contributed by atoms with Crippen molar-refractivity contribution >= 4 is 0 Å². The van der Waals surface area contributed by atoms with E-state index in [2.05, 4.69) is 41.5 Å². The van der Waals surface area contributed by atoms with E-state index in [9.17, 15) is 0 Å². The van der Waals surface area contributed by atoms with Crippen LogP contribution in [-0.4, -0.2) is 0 Å². The smallest absolute Gasteiger partial charge is 0.0264 e. The fourth-order valence-corrected chi connectivity index (χ4v) is 9.82. The lowest BCUT2D eigenvalue weighted by molar-refractivity contribution is -0.127. The molecule has 0 bridgehead atoms. The lowest BCUT2D eigenvalue weighted by Crippen LogP contribution is -2.54. The van der Waals surface area contributed by atoms with E-state index in [4.69, 9.17) is 0 Å². The van der Waals surface area contributed by atoms with Crippen LogP contribution in [0.15, 0.2) is 0 Å². The summed E-state index contributed by atoms with van der Waals surface area (Å²) in [6, 6.07) is 0. The molecule has 0 aromatic heterocycles. The standard InChI is InChI=1S/C28H50/c1-19(2)9-7-10-20(3)24-14-15-25-22-12-13-23-21(4)11-8-17-27(23,5)26(22)16-18-28(24,25)6/h19-26H,7-18H2,1-6H3/t20?,21-,22?,23?,24?,25?,26?,27?,28?/m1/s1. The van der Waals surface area contributed by atoms with Crippen LogP contribution in [0.5, 0.6) is 0 Å². The van der Waals surface area contributed by atoms with Crippen LogP contribution in [0.1, 0.15) is 119 Å². The van der Waals surface area contributed by atoms with E-state index in [1.807, 2.05) is 0 Å². The molecule has 0 spiro atoms. The molecule has 0 heteroatoms. The Morgan fingerprint density at radius 1 is 0.750 bits per heavy atom. The molecule has 28 heavy (non-hydrogen) atoms. The largest absolute Gasteiger partial charge is 0.0628 e. The number of hydrogen-bond donors (Lipinski definition) is 0. The molecule has 0 saturated heterocycles. The predicted molar refractivity (Wildman–Crippen MR) is 122 cm³/mol. The van der Waals surface area contributed by atoms with Gasteiger partial charge in [0.15, 0.2) is 0 Å². The van der Waals surface area contributed by atoms with Crippen LogP contribution in [0.4, 0.5) is 0 Å². The normalized spacial score (nSPS) is 49.4. The molecule has 4 saturated carbocycles. The summed E-state index contributed by atoms with van der Waals surface area (Å²) in [5.41, 5.74) is 1.35. The average Bonchev–Trinajstić information content (AvgIpc) is 2.98. The minimum atomic E-state index is 0.669. The maximum absolute atomic E-state index is 2.75. The Morgan fingerprint density at radius 2 is 1.46 bits per heavy atom. The molecular formula is C28H50. The second-order valence-electron chi connectivity index (χ2n) is 13.0. The van der Waals surface area contributed by atoms with Gasteiger partial charge in [0.05, 0.1) is 0 Å². The van der Waals surface area contributed by atoms with Crippen molar-refractivity contribution in [3.05, 3.63) is 0 Å². The Hall–Kier alpha value is 0. The Labute approximate surface area is 177 Å². The van der Waals surface area contributed by atoms with Crippen LogP contribution in [0, 0.1) is 58.2 Å². The van der Waals surface area contributed by atoms with Crippen molar-refractivity contribution in [2.75, 3.05) is 0 Å². The molecule has 0 nitrogen and oxygen atoms in total. The number of rotatable bonds is 5. The SMILES string of the molecule is CC(C)CCCC(C)C1CCC2C3CCC4[C@H](C)CCCC4(C)C3CCC12C. The van der Waals surface area contributed by atoms with Gasteiger partial charge < -0.3 is 0 Å². The molecule has 4 fully saturated rings. The zero-order valence-electron chi connectivity index (χ0n) is 20.1. The Balaban J connectivity index is 1.47. The molecule has 0 aromatic rings. The lowest BCUT2D eigenvalue weighted by atomic mass is 9.43. The van der Waals surface area contributed by atoms with Gasteiger partial charge in [-0.2, -0.15) is 0 Å². The highest BCUT2D eigenvalue weighted by Gasteiger charge is 2.60. The van der Waals surface area contributed by atoms with Gasteiger partial charge in [-0.1, -0.05) is 73.6 Å². The monoisotopic (exact) mass is 386 g/mol. The van der Waals surface area contributed by atoms with Crippen molar-refractivity contribution in [2.24, 2.45) is 58.2 Å². The molecule has 162 valence electrons. The molecule has 0 aromatic carbocycles. The summed E-state index contributed by atoms with van der Waals surface area (Å²) in [5.74, 6) is 8.06. The first-order valence-corrected chi connectivity index (χ1v) is 13.3. The van der Waals surface area contributed by atoms with Gasteiger partial charge in [0.1, 0.15) is 0 Å². The molecule has 4 aliphatic rings. The van der Waals surface area contributed by atoms with Crippen molar-refractivity contribution in [3.63, 3.8) is 0 Å². The van der Waals surface area contributed by atoms with E-state index in [1.54, 1.807) is 44.9 Å². The maximum atomic E-state index is 2.75. The first-order valence-electron chi connectivity index (χ1n) is 13.3. The molecule has 4 rings (SSSR count). The Kier molecular flexibility index (Phi) is 6.01. The van der Waals surface area contributed by atoms with Crippen molar-refractivity contribution in [1.82, 2.24) is 0 Å². The minimum absolute atomic E-state index is 0.669. The fourth-order valence-electron chi connectivity index (χ4n) is 9.82. The highest BCUT2D eigenvalue weighted by Crippen LogP contribution is 2.68. The highest BCUT2D eigenvalue weighted by molar-refractivity contribution is 5.09. The van der Waals surface area contributed by atoms with Crippen LogP contribution in [0.3, 0.4) is 0 Å². The molecule has 0 aliphatic heterocycles. The van der Waals surface area contributed by atoms with Crippen LogP contribution in [-0.2, 0) is 0 Å². The van der Waals surface area contributed by atoms with E-state index < -0.39 is 0 Å². The van der Waals surface area contributed by atoms with E-state index in [1.165, 1.54) is 32.1 Å². The topological polar surface area (TPSA) is 0 Å². The summed E-state index contributed by atoms with van der Waals surface area (Å²) in [6.07, 6.45) is 18.3. The Morgan fingerprint density at radius 3 is 2.21 bits per heavy atom. The van der Waals surface area contributed by atoms with Gasteiger partial charge in [0, 0.05) is 0 Å². The van der Waals surface area contributed by atoms with Gasteiger partial charge in [-0.25, -0.2) is 0 Å². The van der Waals surface area contributed by atoms with Crippen LogP contribution >= 0.6 is 0 Å². The van der Waals surface area contributed by atoms with Crippen LogP contribution in [0.2, 0.25) is 0 Å². The summed E-state index contributed by atoms with van der Waals surface area (Å²) in [7, 11) is 0. The van der Waals surface area contributed by atoms with Crippen LogP contribution < -0.4 is 0 Å². The molecule has 9 atom stereocenters. The van der Waals surface area contributed by atoms with Gasteiger partial charge in [0.25, 0.3) is 0 Å². The van der Waals surface area contributed by atoms with Gasteiger partial charge in [-0.15, -0.1) is 0 Å². The molecule has 0 amide bonds. The maximum Gasteiger partial charge on any atom is -0.0264 e. The number of hydrogen-bond acceptors (Lipinski definition) is 0. The zero-order chi connectivity index (χ0) is 20.1. The first kappa shape index (κ1) is 21.2. The molecule has 4 aliphatic carbocycles. The van der Waals surface area contributed by atoms with Gasteiger partial charge >= 0.3 is 0 Å². The van der Waals surface area contributed by atoms with Crippen molar-refractivity contribution in [1.29, 1.82) is 0 Å². The fraction of sp³-hybridized carbons (Fsp3) is 1.00. The average molecular weight is 387 g/mol. The quantitative estimate of drug-likeness (QED) is 0.443. The third-order valence-corrected chi connectivity index (χ3v) is 11.2. The summed E-state index contributed by atoms with van der Waals surface area (Å²) in [4.78, 5) is 0. The van der Waals surface area contributed by atoms with Gasteiger partial charge in [-0.3, -0.25) is 0 Å². The highest BCUT2D eigenvalue weighted by atomic mass is 14.7. The van der Waals surface area contributed by atoms with Crippen molar-refractivity contribution < 1.29 is 0 Å². The third kappa shape index (κ3) is 3.41. The predicted octanol–water partition coefficient (Wildman–Crippen LogP) is 8.74. The van der Waals surface area contributed by atoms with Crippen LogP contribution in [0.25, 0.3) is 0 Å². The minimum Gasteiger partial charge on any atom is -0.0628 e. The Bertz CT molecular complexity index is 534. The summed E-state index contributed by atoms with van der Waals surface area (Å²) < 4.78 is 0. The second-order valence-corrected chi connectivity index (χ2v) is 13.0. The molecule has 0 heterocycles. The molecule has 0 N–H and O–H groups in total. The van der Waals surface area contributed by atoms with Crippen molar-refractivity contribution in [3.8, 4) is 0 Å². The third-order valence-electron chi connectivity index (χ3n) is 11.2. The number of fused-ring (bicyclic) bond motifs is 5. The van der Waals surface area contributed by atoms with Crippen molar-refractivity contribution in [2.45, 2.75) is 119 Å². The lowest BCUT2D eigenvalue weighted by Gasteiger charge is -2.62. The molecule has 8 unspecified atom stereocenters. The zero-order valence-corrected chi connectivity index (χ0v) is 20.1. The summed E-state index contributed by atoms with van der Waals surface area (Å²) in [6.45, 7) is 15.5.